The number of carbonyl (C=O) groups is 1. The Kier molecular flexibility index (Phi) is 6.11. The van der Waals surface area contributed by atoms with Gasteiger partial charge in [-0.2, -0.15) is 0 Å². The van der Waals surface area contributed by atoms with Gasteiger partial charge in [-0.1, -0.05) is 0 Å². The molecule has 0 aliphatic carbocycles. The first-order valence-electron chi connectivity index (χ1n) is 1.66. The second kappa shape index (κ2) is 6.12. The lowest BCUT2D eigenvalue weighted by atomic mass is 11.5. The van der Waals surface area contributed by atoms with Crippen LogP contribution in [0.5, 0.6) is 0 Å². The number of rotatable bonds is 0. The largest absolute Gasteiger partial charge is 0.503 e. The Morgan fingerprint density at radius 3 is 2.22 bits per heavy atom. The summed E-state index contributed by atoms with van der Waals surface area (Å²) in [6, 6.07) is 0. The van der Waals surface area contributed by atoms with Crippen molar-refractivity contribution < 1.29 is 15.0 Å². The van der Waals surface area contributed by atoms with Crippen molar-refractivity contribution in [2.24, 2.45) is 4.40 Å². The van der Waals surface area contributed by atoms with Gasteiger partial charge >= 0.3 is 6.16 Å². The number of carboxylic acid groups (broad SMARTS) is 2. The normalized spacial score (nSPS) is 14.2. The minimum absolute atomic E-state index is 1.52. The lowest BCUT2D eigenvalue weighted by Gasteiger charge is -1.64. The van der Waals surface area contributed by atoms with Crippen LogP contribution in [0.2, 0.25) is 0 Å². The Bertz CT molecular complexity index is 106. The van der Waals surface area contributed by atoms with Crippen LogP contribution in [0.15, 0.2) is 4.40 Å². The fraction of sp³-hybridized carbons (Fsp3) is 0. The molecule has 0 aromatic rings. The standard InChI is InChI=1S/CHNS3.CH2O3/c1-2-4-5-3-1;2-1(3)4/h1H;(H2,2,3,4). The van der Waals surface area contributed by atoms with E-state index in [1.54, 1.807) is 20.6 Å². The van der Waals surface area contributed by atoms with Crippen molar-refractivity contribution in [1.29, 1.82) is 0 Å². The van der Waals surface area contributed by atoms with Crippen LogP contribution >= 0.6 is 31.6 Å². The summed E-state index contributed by atoms with van der Waals surface area (Å²) in [6.07, 6.45) is -1.83. The Morgan fingerprint density at radius 1 is 1.56 bits per heavy atom. The zero-order chi connectivity index (χ0) is 7.11. The average molecular weight is 185 g/mol. The monoisotopic (exact) mass is 185 g/mol. The second-order valence-corrected chi connectivity index (χ2v) is 4.29. The van der Waals surface area contributed by atoms with Gasteiger partial charge in [-0.25, -0.2) is 9.19 Å². The lowest BCUT2D eigenvalue weighted by Crippen LogP contribution is -1.81. The molecule has 1 aliphatic rings. The summed E-state index contributed by atoms with van der Waals surface area (Å²) in [5.74, 6) is 0. The highest BCUT2D eigenvalue weighted by molar-refractivity contribution is 9.12. The molecule has 0 saturated heterocycles. The first-order valence-corrected chi connectivity index (χ1v) is 5.16. The highest BCUT2D eigenvalue weighted by Gasteiger charge is 1.89. The van der Waals surface area contributed by atoms with Crippen LogP contribution in [0.1, 0.15) is 0 Å². The first kappa shape index (κ1) is 8.99. The van der Waals surface area contributed by atoms with Crippen LogP contribution in [-0.4, -0.2) is 21.9 Å². The molecule has 0 atom stereocenters. The minimum atomic E-state index is -1.83. The van der Waals surface area contributed by atoms with Crippen molar-refractivity contribution in [3.8, 4) is 0 Å². The summed E-state index contributed by atoms with van der Waals surface area (Å²) in [4.78, 5) is 8.56. The molecule has 0 radical (unpaired) electrons. The van der Waals surface area contributed by atoms with Gasteiger partial charge in [-0.05, 0) is 10.8 Å². The van der Waals surface area contributed by atoms with Crippen LogP contribution in [0, 0.1) is 0 Å². The van der Waals surface area contributed by atoms with Gasteiger partial charge in [0.1, 0.15) is 0 Å². The summed E-state index contributed by atoms with van der Waals surface area (Å²) in [6.45, 7) is 0. The van der Waals surface area contributed by atoms with E-state index in [0.29, 0.717) is 0 Å². The lowest BCUT2D eigenvalue weighted by molar-refractivity contribution is 0.137. The molecule has 9 heavy (non-hydrogen) atoms. The fourth-order valence-electron chi connectivity index (χ4n) is 0.0878. The summed E-state index contributed by atoms with van der Waals surface area (Å²) < 4.78 is 3.80. The van der Waals surface area contributed by atoms with E-state index in [1.165, 1.54) is 11.0 Å². The van der Waals surface area contributed by atoms with E-state index in [2.05, 4.69) is 4.40 Å². The smallest absolute Gasteiger partial charge is 0.450 e. The van der Waals surface area contributed by atoms with E-state index in [0.717, 1.165) is 0 Å². The molecule has 0 spiro atoms. The van der Waals surface area contributed by atoms with Crippen molar-refractivity contribution in [1.82, 2.24) is 0 Å². The SMILES string of the molecule is C1=NSSS1.O=C(O)O. The summed E-state index contributed by atoms with van der Waals surface area (Å²) in [5, 5.41) is 13.9. The average Bonchev–Trinajstić information content (AvgIpc) is 2.11. The third-order valence-corrected chi connectivity index (χ3v) is 3.04. The van der Waals surface area contributed by atoms with E-state index < -0.39 is 6.16 Å². The van der Waals surface area contributed by atoms with E-state index in [1.807, 2.05) is 5.55 Å². The van der Waals surface area contributed by atoms with Gasteiger partial charge in [0, 0.05) is 9.83 Å². The molecule has 1 rings (SSSR count). The molecule has 0 amide bonds. The molecule has 7 heteroatoms. The van der Waals surface area contributed by atoms with Crippen molar-refractivity contribution >= 4 is 43.3 Å². The Morgan fingerprint density at radius 2 is 2.11 bits per heavy atom. The number of hydrogen-bond donors (Lipinski definition) is 2. The molecule has 4 nitrogen and oxygen atoms in total. The highest BCUT2D eigenvalue weighted by Crippen LogP contribution is 2.39. The third kappa shape index (κ3) is 11.5. The molecular formula is C2H3NO3S3. The Balaban J connectivity index is 0.000000148. The molecule has 0 unspecified atom stereocenters. The maximum absolute atomic E-state index is 8.56. The second-order valence-electron chi connectivity index (χ2n) is 0.732. The predicted molar refractivity (Wildman–Crippen MR) is 41.9 cm³/mol. The van der Waals surface area contributed by atoms with E-state index in [4.69, 9.17) is 15.0 Å². The highest BCUT2D eigenvalue weighted by atomic mass is 33.5. The van der Waals surface area contributed by atoms with Gasteiger partial charge in [0.25, 0.3) is 0 Å². The maximum atomic E-state index is 8.56. The van der Waals surface area contributed by atoms with Gasteiger partial charge in [0.2, 0.25) is 0 Å². The zero-order valence-corrected chi connectivity index (χ0v) is 6.50. The maximum Gasteiger partial charge on any atom is 0.503 e. The molecule has 0 fully saturated rings. The molecule has 0 aromatic heterocycles. The van der Waals surface area contributed by atoms with Gasteiger partial charge in [0.15, 0.2) is 0 Å². The number of nitrogens with zero attached hydrogens (tertiary/aromatic N) is 1. The van der Waals surface area contributed by atoms with Crippen LogP contribution in [0.4, 0.5) is 4.79 Å². The fourth-order valence-corrected chi connectivity index (χ4v) is 2.37. The van der Waals surface area contributed by atoms with Crippen LogP contribution in [0.3, 0.4) is 0 Å². The van der Waals surface area contributed by atoms with Crippen LogP contribution in [0.25, 0.3) is 0 Å². The van der Waals surface area contributed by atoms with E-state index >= 15 is 0 Å². The van der Waals surface area contributed by atoms with E-state index in [-0.39, 0.29) is 0 Å². The molecule has 52 valence electrons. The van der Waals surface area contributed by atoms with Crippen molar-refractivity contribution in [2.75, 3.05) is 0 Å². The summed E-state index contributed by atoms with van der Waals surface area (Å²) in [5.41, 5.74) is 1.83. The third-order valence-electron chi connectivity index (χ3n) is 0.199. The summed E-state index contributed by atoms with van der Waals surface area (Å²) in [7, 11) is 4.87. The number of hydrogen-bond acceptors (Lipinski definition) is 5. The van der Waals surface area contributed by atoms with Crippen LogP contribution in [-0.2, 0) is 0 Å². The van der Waals surface area contributed by atoms with Gasteiger partial charge in [-0.3, -0.25) is 0 Å². The summed E-state index contributed by atoms with van der Waals surface area (Å²) >= 11 is 0. The Labute approximate surface area is 63.1 Å². The molecule has 2 N–H and O–H groups in total. The van der Waals surface area contributed by atoms with Crippen molar-refractivity contribution in [2.45, 2.75) is 0 Å². The molecular weight excluding hydrogens is 182 g/mol. The molecule has 0 bridgehead atoms. The molecule has 0 aromatic carbocycles. The van der Waals surface area contributed by atoms with Gasteiger partial charge < -0.3 is 10.2 Å². The van der Waals surface area contributed by atoms with E-state index in [9.17, 15) is 0 Å². The zero-order valence-electron chi connectivity index (χ0n) is 4.05. The van der Waals surface area contributed by atoms with Crippen molar-refractivity contribution in [3.05, 3.63) is 0 Å². The molecule has 0 saturated carbocycles. The predicted octanol–water partition coefficient (Wildman–Crippen LogP) is 2.20. The Hall–Kier alpha value is -0.0100. The molecule has 1 heterocycles. The first-order chi connectivity index (χ1) is 4.23. The minimum Gasteiger partial charge on any atom is -0.450 e. The van der Waals surface area contributed by atoms with Crippen LogP contribution < -0.4 is 0 Å². The quantitative estimate of drug-likeness (QED) is 0.445. The topological polar surface area (TPSA) is 69.9 Å². The van der Waals surface area contributed by atoms with Crippen molar-refractivity contribution in [3.63, 3.8) is 0 Å². The molecule has 1 aliphatic heterocycles. The van der Waals surface area contributed by atoms with Gasteiger partial charge in [-0.15, -0.1) is 0 Å². The van der Waals surface area contributed by atoms with Gasteiger partial charge in [0.05, 0.1) is 16.5 Å².